The molecule has 0 aliphatic heterocycles. The molecule has 0 saturated heterocycles. The van der Waals surface area contributed by atoms with Gasteiger partial charge in [0.2, 0.25) is 0 Å². The molecule has 0 saturated carbocycles. The third-order valence-electron chi connectivity index (χ3n) is 2.56. The molecule has 1 aromatic carbocycles. The summed E-state index contributed by atoms with van der Waals surface area (Å²) in [6, 6.07) is 10.1. The summed E-state index contributed by atoms with van der Waals surface area (Å²) in [4.78, 5) is 0. The fraction of sp³-hybridized carbons (Fsp3) is 0.308. The van der Waals surface area contributed by atoms with Crippen molar-refractivity contribution in [2.24, 2.45) is 10.9 Å². The zero-order chi connectivity index (χ0) is 12.7. The normalized spacial score (nSPS) is 15.2. The summed E-state index contributed by atoms with van der Waals surface area (Å²) in [5, 5.41) is 15.0. The van der Waals surface area contributed by atoms with Crippen LogP contribution in [0, 0.1) is 0 Å². The van der Waals surface area contributed by atoms with Gasteiger partial charge in [-0.25, -0.2) is 0 Å². The predicted molar refractivity (Wildman–Crippen MR) is 70.0 cm³/mol. The van der Waals surface area contributed by atoms with Crippen molar-refractivity contribution in [1.82, 2.24) is 5.32 Å². The first-order valence-corrected chi connectivity index (χ1v) is 5.57. The van der Waals surface area contributed by atoms with Crippen molar-refractivity contribution >= 4 is 5.84 Å². The molecule has 0 aromatic heterocycles. The number of oxime groups is 1. The molecule has 0 amide bonds. The summed E-state index contributed by atoms with van der Waals surface area (Å²) in [7, 11) is 0. The van der Waals surface area contributed by atoms with Crippen LogP contribution in [-0.2, 0) is 0 Å². The number of hydrogen-bond donors (Lipinski definition) is 3. The molecule has 0 aliphatic rings. The second kappa shape index (κ2) is 6.70. The van der Waals surface area contributed by atoms with Gasteiger partial charge in [0.1, 0.15) is 5.84 Å². The van der Waals surface area contributed by atoms with E-state index in [0.29, 0.717) is 6.42 Å². The van der Waals surface area contributed by atoms with E-state index in [1.54, 1.807) is 0 Å². The van der Waals surface area contributed by atoms with Crippen molar-refractivity contribution < 1.29 is 5.21 Å². The molecule has 1 aromatic rings. The van der Waals surface area contributed by atoms with Gasteiger partial charge in [-0.3, -0.25) is 0 Å². The molecule has 17 heavy (non-hydrogen) atoms. The molecule has 2 atom stereocenters. The average Bonchev–Trinajstić information content (AvgIpc) is 2.38. The Morgan fingerprint density at radius 2 is 2.18 bits per heavy atom. The summed E-state index contributed by atoms with van der Waals surface area (Å²) < 4.78 is 0. The molecular weight excluding hydrogens is 214 g/mol. The van der Waals surface area contributed by atoms with E-state index in [-0.39, 0.29) is 17.9 Å². The molecule has 4 N–H and O–H groups in total. The minimum absolute atomic E-state index is 0.0140. The largest absolute Gasteiger partial charge is 0.409 e. The van der Waals surface area contributed by atoms with Crippen LogP contribution in [0.2, 0.25) is 0 Å². The van der Waals surface area contributed by atoms with Gasteiger partial charge in [0.05, 0.1) is 0 Å². The van der Waals surface area contributed by atoms with Gasteiger partial charge in [-0.15, -0.1) is 6.58 Å². The van der Waals surface area contributed by atoms with Gasteiger partial charge in [-0.05, 0) is 12.5 Å². The van der Waals surface area contributed by atoms with Crippen molar-refractivity contribution in [2.75, 3.05) is 0 Å². The second-order valence-electron chi connectivity index (χ2n) is 3.95. The number of hydrogen-bond acceptors (Lipinski definition) is 3. The number of nitrogens with two attached hydrogens (primary N) is 1. The van der Waals surface area contributed by atoms with Crippen molar-refractivity contribution in [1.29, 1.82) is 0 Å². The number of rotatable bonds is 6. The highest BCUT2D eigenvalue weighted by atomic mass is 16.4. The molecular formula is C13H19N3O. The van der Waals surface area contributed by atoms with E-state index in [9.17, 15) is 0 Å². The maximum atomic E-state index is 8.64. The van der Waals surface area contributed by atoms with Crippen LogP contribution >= 0.6 is 0 Å². The summed E-state index contributed by atoms with van der Waals surface area (Å²) in [5.41, 5.74) is 6.67. The molecule has 0 bridgehead atoms. The highest BCUT2D eigenvalue weighted by Gasteiger charge is 2.14. The molecule has 4 heteroatoms. The van der Waals surface area contributed by atoms with E-state index in [1.807, 2.05) is 43.3 Å². The first kappa shape index (κ1) is 13.3. The molecule has 0 fully saturated rings. The molecule has 92 valence electrons. The molecule has 0 aliphatic carbocycles. The van der Waals surface area contributed by atoms with Crippen LogP contribution in [0.15, 0.2) is 48.1 Å². The molecule has 0 radical (unpaired) electrons. The Bertz CT molecular complexity index is 376. The lowest BCUT2D eigenvalue weighted by Crippen LogP contribution is -2.32. The van der Waals surface area contributed by atoms with E-state index >= 15 is 0 Å². The van der Waals surface area contributed by atoms with E-state index in [2.05, 4.69) is 17.1 Å². The summed E-state index contributed by atoms with van der Waals surface area (Å²) in [6.45, 7) is 5.74. The minimum atomic E-state index is 0.0140. The molecule has 1 rings (SSSR count). The molecule has 4 nitrogen and oxygen atoms in total. The average molecular weight is 233 g/mol. The van der Waals surface area contributed by atoms with Gasteiger partial charge in [-0.1, -0.05) is 41.6 Å². The Kier molecular flexibility index (Phi) is 5.23. The highest BCUT2D eigenvalue weighted by Crippen LogP contribution is 2.17. The van der Waals surface area contributed by atoms with Crippen LogP contribution in [0.1, 0.15) is 24.9 Å². The first-order valence-electron chi connectivity index (χ1n) is 5.57. The molecule has 2 unspecified atom stereocenters. The van der Waals surface area contributed by atoms with Crippen LogP contribution in [0.4, 0.5) is 0 Å². The standard InChI is InChI=1S/C13H19N3O/c1-3-10(2)15-12(9-13(14)16-17)11-7-5-4-6-8-11/h3-8,10,12,15,17H,1,9H2,2H3,(H2,14,16). The van der Waals surface area contributed by atoms with Crippen LogP contribution < -0.4 is 11.1 Å². The second-order valence-corrected chi connectivity index (χ2v) is 3.95. The maximum absolute atomic E-state index is 8.64. The Balaban J connectivity index is 2.82. The van der Waals surface area contributed by atoms with E-state index in [4.69, 9.17) is 10.9 Å². The third-order valence-corrected chi connectivity index (χ3v) is 2.56. The van der Waals surface area contributed by atoms with Gasteiger partial charge >= 0.3 is 0 Å². The van der Waals surface area contributed by atoms with Crippen LogP contribution in [0.5, 0.6) is 0 Å². The third kappa shape index (κ3) is 4.28. The van der Waals surface area contributed by atoms with E-state index in [1.165, 1.54) is 0 Å². The van der Waals surface area contributed by atoms with Crippen molar-refractivity contribution in [3.63, 3.8) is 0 Å². The van der Waals surface area contributed by atoms with Gasteiger partial charge in [-0.2, -0.15) is 0 Å². The van der Waals surface area contributed by atoms with Gasteiger partial charge in [0.25, 0.3) is 0 Å². The van der Waals surface area contributed by atoms with Gasteiger partial charge < -0.3 is 16.3 Å². The van der Waals surface area contributed by atoms with Crippen molar-refractivity contribution in [2.45, 2.75) is 25.4 Å². The summed E-state index contributed by atoms with van der Waals surface area (Å²) in [5.74, 6) is 0.211. The van der Waals surface area contributed by atoms with E-state index < -0.39 is 0 Å². The first-order chi connectivity index (χ1) is 8.17. The van der Waals surface area contributed by atoms with Gasteiger partial charge in [0.15, 0.2) is 0 Å². The number of amidine groups is 1. The fourth-order valence-corrected chi connectivity index (χ4v) is 1.59. The monoisotopic (exact) mass is 233 g/mol. The van der Waals surface area contributed by atoms with Crippen LogP contribution in [-0.4, -0.2) is 17.1 Å². The zero-order valence-corrected chi connectivity index (χ0v) is 10.0. The Morgan fingerprint density at radius 1 is 1.53 bits per heavy atom. The summed E-state index contributed by atoms with van der Waals surface area (Å²) >= 11 is 0. The topological polar surface area (TPSA) is 70.6 Å². The SMILES string of the molecule is C=CC(C)NC(C/C(N)=N/O)c1ccccc1. The quantitative estimate of drug-likeness (QED) is 0.231. The lowest BCUT2D eigenvalue weighted by molar-refractivity contribution is 0.315. The highest BCUT2D eigenvalue weighted by molar-refractivity contribution is 5.80. The molecule has 0 spiro atoms. The zero-order valence-electron chi connectivity index (χ0n) is 10.0. The summed E-state index contributed by atoms with van der Waals surface area (Å²) in [6.07, 6.45) is 2.28. The van der Waals surface area contributed by atoms with Gasteiger partial charge in [0, 0.05) is 18.5 Å². The Labute approximate surface area is 102 Å². The number of nitrogens with one attached hydrogen (secondary N) is 1. The molecule has 0 heterocycles. The van der Waals surface area contributed by atoms with E-state index in [0.717, 1.165) is 5.56 Å². The fourth-order valence-electron chi connectivity index (χ4n) is 1.59. The van der Waals surface area contributed by atoms with Crippen molar-refractivity contribution in [3.05, 3.63) is 48.6 Å². The lowest BCUT2D eigenvalue weighted by atomic mass is 10.0. The smallest absolute Gasteiger partial charge is 0.141 e. The minimum Gasteiger partial charge on any atom is -0.409 e. The van der Waals surface area contributed by atoms with Crippen molar-refractivity contribution in [3.8, 4) is 0 Å². The van der Waals surface area contributed by atoms with Crippen LogP contribution in [0.25, 0.3) is 0 Å². The number of benzene rings is 1. The van der Waals surface area contributed by atoms with Crippen LogP contribution in [0.3, 0.4) is 0 Å². The lowest BCUT2D eigenvalue weighted by Gasteiger charge is -2.21. The Hall–Kier alpha value is -1.81. The predicted octanol–water partition coefficient (Wildman–Crippen LogP) is 2.03. The maximum Gasteiger partial charge on any atom is 0.141 e. The Morgan fingerprint density at radius 3 is 2.71 bits per heavy atom. The number of nitrogens with zero attached hydrogens (tertiary/aromatic N) is 1.